The summed E-state index contributed by atoms with van der Waals surface area (Å²) in [5, 5.41) is 2.87. The Balaban J connectivity index is 1.67. The van der Waals surface area contributed by atoms with Crippen LogP contribution in [0.4, 0.5) is 5.69 Å². The molecule has 0 fully saturated rings. The van der Waals surface area contributed by atoms with Crippen molar-refractivity contribution in [2.45, 2.75) is 39.2 Å². The van der Waals surface area contributed by atoms with Crippen LogP contribution >= 0.6 is 11.7 Å². The zero-order valence-electron chi connectivity index (χ0n) is 14.7. The molecule has 0 unspecified atom stereocenters. The van der Waals surface area contributed by atoms with E-state index < -0.39 is 6.10 Å². The highest BCUT2D eigenvalue weighted by Crippen LogP contribution is 2.25. The quantitative estimate of drug-likeness (QED) is 0.753. The van der Waals surface area contributed by atoms with E-state index >= 15 is 0 Å². The predicted molar refractivity (Wildman–Crippen MR) is 101 cm³/mol. The highest BCUT2D eigenvalue weighted by atomic mass is 32.1. The molecule has 3 aromatic rings. The van der Waals surface area contributed by atoms with E-state index in [2.05, 4.69) is 34.8 Å². The van der Waals surface area contributed by atoms with Gasteiger partial charge in [0.15, 0.2) is 6.10 Å². The lowest BCUT2D eigenvalue weighted by molar-refractivity contribution is -0.122. The maximum absolute atomic E-state index is 12.4. The molecule has 1 atom stereocenters. The van der Waals surface area contributed by atoms with Crippen molar-refractivity contribution in [3.8, 4) is 5.75 Å². The molecular formula is C19H21N3O2S. The Bertz CT molecular complexity index is 882. The van der Waals surface area contributed by atoms with Crippen LogP contribution in [0.3, 0.4) is 0 Å². The Morgan fingerprint density at radius 2 is 1.84 bits per heavy atom. The van der Waals surface area contributed by atoms with E-state index in [1.807, 2.05) is 42.5 Å². The summed E-state index contributed by atoms with van der Waals surface area (Å²) in [6.45, 7) is 8.21. The third-order valence-electron chi connectivity index (χ3n) is 3.95. The van der Waals surface area contributed by atoms with Gasteiger partial charge in [-0.05, 0) is 42.2 Å². The fourth-order valence-corrected chi connectivity index (χ4v) is 2.98. The lowest BCUT2D eigenvalue weighted by Crippen LogP contribution is -2.30. The average Bonchev–Trinajstić information content (AvgIpc) is 3.04. The van der Waals surface area contributed by atoms with E-state index in [1.54, 1.807) is 6.92 Å². The molecule has 0 aliphatic heterocycles. The van der Waals surface area contributed by atoms with Gasteiger partial charge in [0.05, 0.1) is 17.4 Å². The summed E-state index contributed by atoms with van der Waals surface area (Å²) >= 11 is 1.13. The number of benzene rings is 2. The van der Waals surface area contributed by atoms with Crippen LogP contribution in [-0.4, -0.2) is 20.8 Å². The number of carbonyl (C=O) groups is 1. The minimum Gasteiger partial charge on any atom is -0.481 e. The van der Waals surface area contributed by atoms with Crippen molar-refractivity contribution in [1.29, 1.82) is 0 Å². The fraction of sp³-hybridized carbons (Fsp3) is 0.316. The molecule has 0 saturated heterocycles. The summed E-state index contributed by atoms with van der Waals surface area (Å²) in [7, 11) is 0. The first-order valence-corrected chi connectivity index (χ1v) is 8.87. The molecule has 1 heterocycles. The second kappa shape index (κ2) is 6.80. The molecule has 1 amide bonds. The molecule has 1 N–H and O–H groups in total. The Morgan fingerprint density at radius 3 is 2.52 bits per heavy atom. The molecule has 25 heavy (non-hydrogen) atoms. The Labute approximate surface area is 151 Å². The topological polar surface area (TPSA) is 64.1 Å². The average molecular weight is 355 g/mol. The van der Waals surface area contributed by atoms with Crippen molar-refractivity contribution in [2.24, 2.45) is 0 Å². The molecule has 0 aliphatic rings. The van der Waals surface area contributed by atoms with Gasteiger partial charge in [-0.15, -0.1) is 0 Å². The van der Waals surface area contributed by atoms with Crippen LogP contribution in [0, 0.1) is 0 Å². The number of ether oxygens (including phenoxy) is 1. The SMILES string of the molecule is C[C@@H](Oc1ccc(C(C)(C)C)cc1)C(=O)Nc1cccc2nsnc12. The zero-order chi connectivity index (χ0) is 18.0. The first kappa shape index (κ1) is 17.4. The standard InChI is InChI=1S/C19H21N3O2S/c1-12(24-14-10-8-13(9-11-14)19(2,3)4)18(23)20-15-6-5-7-16-17(15)22-25-21-16/h5-12H,1-4H3,(H,20,23)/t12-/m1/s1. The van der Waals surface area contributed by atoms with Gasteiger partial charge in [0.1, 0.15) is 16.8 Å². The third-order valence-corrected chi connectivity index (χ3v) is 4.49. The van der Waals surface area contributed by atoms with Crippen molar-refractivity contribution < 1.29 is 9.53 Å². The maximum Gasteiger partial charge on any atom is 0.265 e. The Morgan fingerprint density at radius 1 is 1.12 bits per heavy atom. The van der Waals surface area contributed by atoms with Gasteiger partial charge < -0.3 is 10.1 Å². The number of aromatic nitrogens is 2. The summed E-state index contributed by atoms with van der Waals surface area (Å²) in [5.41, 5.74) is 3.42. The Hall–Kier alpha value is -2.47. The van der Waals surface area contributed by atoms with Crippen LogP contribution in [0.25, 0.3) is 11.0 Å². The molecule has 0 spiro atoms. The highest BCUT2D eigenvalue weighted by molar-refractivity contribution is 7.00. The minimum atomic E-state index is -0.623. The van der Waals surface area contributed by atoms with E-state index in [1.165, 1.54) is 5.56 Å². The normalized spacial score (nSPS) is 12.8. The summed E-state index contributed by atoms with van der Waals surface area (Å²) in [5.74, 6) is 0.449. The van der Waals surface area contributed by atoms with Gasteiger partial charge in [-0.2, -0.15) is 8.75 Å². The van der Waals surface area contributed by atoms with Crippen LogP contribution in [0.2, 0.25) is 0 Å². The fourth-order valence-electron chi connectivity index (χ4n) is 2.43. The van der Waals surface area contributed by atoms with E-state index in [0.29, 0.717) is 17.0 Å². The largest absolute Gasteiger partial charge is 0.481 e. The number of amides is 1. The van der Waals surface area contributed by atoms with Gasteiger partial charge in [-0.25, -0.2) is 0 Å². The highest BCUT2D eigenvalue weighted by Gasteiger charge is 2.18. The summed E-state index contributed by atoms with van der Waals surface area (Å²) in [6.07, 6.45) is -0.623. The monoisotopic (exact) mass is 355 g/mol. The van der Waals surface area contributed by atoms with Gasteiger partial charge in [0, 0.05) is 0 Å². The molecule has 3 rings (SSSR count). The lowest BCUT2D eigenvalue weighted by atomic mass is 9.87. The van der Waals surface area contributed by atoms with Crippen molar-refractivity contribution >= 4 is 34.4 Å². The van der Waals surface area contributed by atoms with Gasteiger partial charge in [-0.1, -0.05) is 39.0 Å². The predicted octanol–water partition coefficient (Wildman–Crippen LogP) is 4.39. The van der Waals surface area contributed by atoms with Crippen molar-refractivity contribution in [3.63, 3.8) is 0 Å². The number of nitrogens with zero attached hydrogens (tertiary/aromatic N) is 2. The van der Waals surface area contributed by atoms with Crippen LogP contribution < -0.4 is 10.1 Å². The second-order valence-corrected chi connectivity index (χ2v) is 7.49. The number of hydrogen-bond donors (Lipinski definition) is 1. The number of anilines is 1. The number of rotatable bonds is 4. The summed E-state index contributed by atoms with van der Waals surface area (Å²) in [4.78, 5) is 12.4. The molecule has 130 valence electrons. The number of fused-ring (bicyclic) bond motifs is 1. The van der Waals surface area contributed by atoms with E-state index in [4.69, 9.17) is 4.74 Å². The molecule has 6 heteroatoms. The molecule has 1 aromatic heterocycles. The minimum absolute atomic E-state index is 0.0851. The van der Waals surface area contributed by atoms with Gasteiger partial charge >= 0.3 is 0 Å². The van der Waals surface area contributed by atoms with Crippen LogP contribution in [0.15, 0.2) is 42.5 Å². The van der Waals surface area contributed by atoms with Gasteiger partial charge in [-0.3, -0.25) is 4.79 Å². The number of carbonyl (C=O) groups excluding carboxylic acids is 1. The van der Waals surface area contributed by atoms with Gasteiger partial charge in [0.2, 0.25) is 0 Å². The molecule has 2 aromatic carbocycles. The summed E-state index contributed by atoms with van der Waals surface area (Å²) < 4.78 is 14.2. The van der Waals surface area contributed by atoms with Crippen LogP contribution in [-0.2, 0) is 10.2 Å². The number of hydrogen-bond acceptors (Lipinski definition) is 5. The van der Waals surface area contributed by atoms with Crippen LogP contribution in [0.5, 0.6) is 5.75 Å². The molecule has 0 bridgehead atoms. The molecular weight excluding hydrogens is 334 g/mol. The first-order valence-electron chi connectivity index (χ1n) is 8.14. The van der Waals surface area contributed by atoms with E-state index in [-0.39, 0.29) is 11.3 Å². The smallest absolute Gasteiger partial charge is 0.265 e. The molecule has 0 saturated carbocycles. The first-order chi connectivity index (χ1) is 11.8. The van der Waals surface area contributed by atoms with Crippen LogP contribution in [0.1, 0.15) is 33.3 Å². The molecule has 0 radical (unpaired) electrons. The maximum atomic E-state index is 12.4. The third kappa shape index (κ3) is 3.96. The number of nitrogens with one attached hydrogen (secondary N) is 1. The summed E-state index contributed by atoms with van der Waals surface area (Å²) in [6, 6.07) is 13.4. The lowest BCUT2D eigenvalue weighted by Gasteiger charge is -2.20. The Kier molecular flexibility index (Phi) is 4.72. The van der Waals surface area contributed by atoms with E-state index in [0.717, 1.165) is 17.2 Å². The van der Waals surface area contributed by atoms with Crippen molar-refractivity contribution in [1.82, 2.24) is 8.75 Å². The van der Waals surface area contributed by atoms with Crippen molar-refractivity contribution in [2.75, 3.05) is 5.32 Å². The second-order valence-electron chi connectivity index (χ2n) is 6.96. The van der Waals surface area contributed by atoms with Gasteiger partial charge in [0.25, 0.3) is 5.91 Å². The zero-order valence-corrected chi connectivity index (χ0v) is 15.6. The molecule has 5 nitrogen and oxygen atoms in total. The molecule has 0 aliphatic carbocycles. The van der Waals surface area contributed by atoms with Crippen molar-refractivity contribution in [3.05, 3.63) is 48.0 Å². The van der Waals surface area contributed by atoms with E-state index in [9.17, 15) is 4.79 Å².